The van der Waals surface area contributed by atoms with Gasteiger partial charge in [0.25, 0.3) is 0 Å². The first-order valence-corrected chi connectivity index (χ1v) is 8.26. The normalized spacial score (nSPS) is 18.6. The largest absolute Gasteiger partial charge is 0.379 e. The summed E-state index contributed by atoms with van der Waals surface area (Å²) in [5.41, 5.74) is 3.03. The van der Waals surface area contributed by atoms with Crippen LogP contribution in [0.2, 0.25) is 0 Å². The number of hydrogen-bond donors (Lipinski definition) is 3. The number of anilines is 2. The minimum absolute atomic E-state index is 0.0620. The van der Waals surface area contributed by atoms with Crippen LogP contribution in [0.4, 0.5) is 11.4 Å². The number of nitrogens with one attached hydrogen (secondary N) is 3. The van der Waals surface area contributed by atoms with Crippen molar-refractivity contribution in [1.29, 1.82) is 0 Å². The molecule has 0 radical (unpaired) electrons. The SMILES string of the molecule is CC(Nc1ccc(NC(=O)C2COCCN2)cc1)c1ccccc1. The fourth-order valence-electron chi connectivity index (χ4n) is 2.69. The van der Waals surface area contributed by atoms with Gasteiger partial charge in [0.05, 0.1) is 13.2 Å². The van der Waals surface area contributed by atoms with Crippen molar-refractivity contribution in [2.45, 2.75) is 19.0 Å². The third-order valence-electron chi connectivity index (χ3n) is 4.07. The number of morpholine rings is 1. The highest BCUT2D eigenvalue weighted by molar-refractivity contribution is 5.95. The summed E-state index contributed by atoms with van der Waals surface area (Å²) in [7, 11) is 0. The number of ether oxygens (including phenoxy) is 1. The molecule has 1 fully saturated rings. The maximum absolute atomic E-state index is 12.1. The van der Waals surface area contributed by atoms with Crippen molar-refractivity contribution in [2.24, 2.45) is 0 Å². The summed E-state index contributed by atoms with van der Waals surface area (Å²) < 4.78 is 5.31. The Bertz CT molecular complexity index is 652. The zero-order chi connectivity index (χ0) is 16.8. The summed E-state index contributed by atoms with van der Waals surface area (Å²) in [6.07, 6.45) is 0. The van der Waals surface area contributed by atoms with E-state index in [1.54, 1.807) is 0 Å². The smallest absolute Gasteiger partial charge is 0.243 e. The third kappa shape index (κ3) is 4.34. The van der Waals surface area contributed by atoms with Crippen LogP contribution in [-0.4, -0.2) is 31.7 Å². The minimum Gasteiger partial charge on any atom is -0.379 e. The van der Waals surface area contributed by atoms with Crippen molar-refractivity contribution in [3.8, 4) is 0 Å². The lowest BCUT2D eigenvalue weighted by atomic mass is 10.1. The summed E-state index contributed by atoms with van der Waals surface area (Å²) in [5, 5.41) is 9.52. The molecule has 5 heteroatoms. The van der Waals surface area contributed by atoms with E-state index in [0.29, 0.717) is 19.8 Å². The summed E-state index contributed by atoms with van der Waals surface area (Å²) in [5.74, 6) is -0.0620. The molecule has 2 aromatic rings. The van der Waals surface area contributed by atoms with Crippen molar-refractivity contribution in [3.63, 3.8) is 0 Å². The van der Waals surface area contributed by atoms with Crippen molar-refractivity contribution in [3.05, 3.63) is 60.2 Å². The van der Waals surface area contributed by atoms with Gasteiger partial charge in [-0.1, -0.05) is 30.3 Å². The molecule has 2 aromatic carbocycles. The Morgan fingerprint density at radius 1 is 1.12 bits per heavy atom. The average molecular weight is 325 g/mol. The quantitative estimate of drug-likeness (QED) is 0.791. The van der Waals surface area contributed by atoms with Gasteiger partial charge in [-0.15, -0.1) is 0 Å². The third-order valence-corrected chi connectivity index (χ3v) is 4.07. The van der Waals surface area contributed by atoms with E-state index < -0.39 is 0 Å². The molecule has 1 aliphatic rings. The predicted octanol–water partition coefficient (Wildman–Crippen LogP) is 2.79. The first-order valence-electron chi connectivity index (χ1n) is 8.26. The number of amides is 1. The molecule has 5 nitrogen and oxygen atoms in total. The molecule has 3 N–H and O–H groups in total. The lowest BCUT2D eigenvalue weighted by Gasteiger charge is -2.23. The molecule has 0 aliphatic carbocycles. The van der Waals surface area contributed by atoms with E-state index in [1.165, 1.54) is 5.56 Å². The van der Waals surface area contributed by atoms with Crippen LogP contribution < -0.4 is 16.0 Å². The number of carbonyl (C=O) groups excluding carboxylic acids is 1. The summed E-state index contributed by atoms with van der Waals surface area (Å²) in [6.45, 7) is 3.90. The molecular formula is C19H23N3O2. The fraction of sp³-hybridized carbons (Fsp3) is 0.316. The van der Waals surface area contributed by atoms with Crippen molar-refractivity contribution in [1.82, 2.24) is 5.32 Å². The maximum atomic E-state index is 12.1. The Kier molecular flexibility index (Phi) is 5.46. The van der Waals surface area contributed by atoms with E-state index in [2.05, 4.69) is 35.0 Å². The molecule has 3 rings (SSSR count). The van der Waals surface area contributed by atoms with Gasteiger partial charge in [0.15, 0.2) is 0 Å². The van der Waals surface area contributed by atoms with E-state index in [4.69, 9.17) is 4.74 Å². The Labute approximate surface area is 142 Å². The highest BCUT2D eigenvalue weighted by Crippen LogP contribution is 2.20. The van der Waals surface area contributed by atoms with Gasteiger partial charge in [0, 0.05) is 24.0 Å². The zero-order valence-corrected chi connectivity index (χ0v) is 13.8. The first-order chi connectivity index (χ1) is 11.7. The van der Waals surface area contributed by atoms with Gasteiger partial charge in [-0.3, -0.25) is 4.79 Å². The van der Waals surface area contributed by atoms with Gasteiger partial charge in [0.1, 0.15) is 6.04 Å². The van der Waals surface area contributed by atoms with Crippen molar-refractivity contribution >= 4 is 17.3 Å². The lowest BCUT2D eigenvalue weighted by molar-refractivity contribution is -0.120. The maximum Gasteiger partial charge on any atom is 0.243 e. The van der Waals surface area contributed by atoms with Crippen molar-refractivity contribution in [2.75, 3.05) is 30.4 Å². The second-order valence-corrected chi connectivity index (χ2v) is 5.92. The number of hydrogen-bond acceptors (Lipinski definition) is 4. The van der Waals surface area contributed by atoms with Gasteiger partial charge in [-0.2, -0.15) is 0 Å². The fourth-order valence-corrected chi connectivity index (χ4v) is 2.69. The predicted molar refractivity (Wildman–Crippen MR) is 96.2 cm³/mol. The molecule has 0 aromatic heterocycles. The van der Waals surface area contributed by atoms with E-state index in [1.807, 2.05) is 42.5 Å². The highest BCUT2D eigenvalue weighted by Gasteiger charge is 2.20. The monoisotopic (exact) mass is 325 g/mol. The van der Waals surface area contributed by atoms with Gasteiger partial charge in [-0.05, 0) is 36.8 Å². The number of benzene rings is 2. The minimum atomic E-state index is -0.283. The average Bonchev–Trinajstić information content (AvgIpc) is 2.65. The molecule has 126 valence electrons. The number of carbonyl (C=O) groups is 1. The summed E-state index contributed by atoms with van der Waals surface area (Å²) in [4.78, 5) is 12.1. The molecule has 0 spiro atoms. The van der Waals surface area contributed by atoms with Crippen LogP contribution in [0, 0.1) is 0 Å². The molecule has 1 aliphatic heterocycles. The molecular weight excluding hydrogens is 302 g/mol. The Morgan fingerprint density at radius 2 is 1.83 bits per heavy atom. The van der Waals surface area contributed by atoms with E-state index in [-0.39, 0.29) is 18.0 Å². The summed E-state index contributed by atoms with van der Waals surface area (Å²) >= 11 is 0. The molecule has 1 heterocycles. The van der Waals surface area contributed by atoms with Crippen LogP contribution in [0.25, 0.3) is 0 Å². The van der Waals surface area contributed by atoms with Gasteiger partial charge >= 0.3 is 0 Å². The van der Waals surface area contributed by atoms with Gasteiger partial charge in [0.2, 0.25) is 5.91 Å². The van der Waals surface area contributed by atoms with Crippen LogP contribution >= 0.6 is 0 Å². The number of rotatable bonds is 5. The van der Waals surface area contributed by atoms with Crippen LogP contribution in [0.1, 0.15) is 18.5 Å². The van der Waals surface area contributed by atoms with E-state index >= 15 is 0 Å². The van der Waals surface area contributed by atoms with Crippen LogP contribution in [-0.2, 0) is 9.53 Å². The molecule has 0 saturated carbocycles. The van der Waals surface area contributed by atoms with Crippen molar-refractivity contribution < 1.29 is 9.53 Å². The molecule has 1 amide bonds. The second kappa shape index (κ2) is 7.95. The Morgan fingerprint density at radius 3 is 2.50 bits per heavy atom. The first kappa shape index (κ1) is 16.5. The Balaban J connectivity index is 1.56. The second-order valence-electron chi connectivity index (χ2n) is 5.92. The standard InChI is InChI=1S/C19H23N3O2/c1-14(15-5-3-2-4-6-15)21-16-7-9-17(10-8-16)22-19(23)18-13-24-12-11-20-18/h2-10,14,18,20-21H,11-13H2,1H3,(H,22,23). The zero-order valence-electron chi connectivity index (χ0n) is 13.8. The molecule has 1 saturated heterocycles. The molecule has 0 bridgehead atoms. The van der Waals surface area contributed by atoms with Crippen LogP contribution in [0.3, 0.4) is 0 Å². The van der Waals surface area contributed by atoms with E-state index in [0.717, 1.165) is 11.4 Å². The highest BCUT2D eigenvalue weighted by atomic mass is 16.5. The van der Waals surface area contributed by atoms with Crippen LogP contribution in [0.15, 0.2) is 54.6 Å². The van der Waals surface area contributed by atoms with Gasteiger partial charge in [-0.25, -0.2) is 0 Å². The van der Waals surface area contributed by atoms with Crippen LogP contribution in [0.5, 0.6) is 0 Å². The molecule has 2 atom stereocenters. The molecule has 2 unspecified atom stereocenters. The topological polar surface area (TPSA) is 62.4 Å². The summed E-state index contributed by atoms with van der Waals surface area (Å²) in [6, 6.07) is 18.0. The lowest BCUT2D eigenvalue weighted by Crippen LogP contribution is -2.48. The van der Waals surface area contributed by atoms with Gasteiger partial charge < -0.3 is 20.7 Å². The molecule has 24 heavy (non-hydrogen) atoms. The van der Waals surface area contributed by atoms with E-state index in [9.17, 15) is 4.79 Å². The Hall–Kier alpha value is -2.37.